The van der Waals surface area contributed by atoms with E-state index in [0.717, 1.165) is 13.1 Å². The molecule has 2 heteroatoms. The van der Waals surface area contributed by atoms with Gasteiger partial charge in [-0.2, -0.15) is 0 Å². The molecule has 0 atom stereocenters. The summed E-state index contributed by atoms with van der Waals surface area (Å²) < 4.78 is 0. The Labute approximate surface area is 109 Å². The maximum absolute atomic E-state index is 2.37. The van der Waals surface area contributed by atoms with Crippen LogP contribution in [0, 0.1) is 0 Å². The summed E-state index contributed by atoms with van der Waals surface area (Å²) in [5, 5.41) is 0. The van der Waals surface area contributed by atoms with Crippen LogP contribution in [0.3, 0.4) is 0 Å². The lowest BCUT2D eigenvalue weighted by Crippen LogP contribution is -2.21. The molecule has 0 radical (unpaired) electrons. The molecule has 2 aromatic rings. The largest absolute Gasteiger partial charge is 0.367 e. The molecule has 1 nitrogen and oxygen atoms in total. The third-order valence-corrected chi connectivity index (χ3v) is 2.72. The summed E-state index contributed by atoms with van der Waals surface area (Å²) in [5.41, 5.74) is 2.64. The van der Waals surface area contributed by atoms with Gasteiger partial charge in [0.25, 0.3) is 0 Å². The van der Waals surface area contributed by atoms with Crippen LogP contribution in [0.1, 0.15) is 12.5 Å². The first-order chi connectivity index (χ1) is 7.90. The highest BCUT2D eigenvalue weighted by atomic mass is 35.5. The van der Waals surface area contributed by atoms with E-state index in [1.165, 1.54) is 11.3 Å². The highest BCUT2D eigenvalue weighted by molar-refractivity contribution is 5.85. The first-order valence-electron chi connectivity index (χ1n) is 5.74. The van der Waals surface area contributed by atoms with E-state index in [2.05, 4.69) is 72.5 Å². The molecule has 0 spiro atoms. The van der Waals surface area contributed by atoms with Crippen molar-refractivity contribution in [3.63, 3.8) is 0 Å². The van der Waals surface area contributed by atoms with Gasteiger partial charge in [0.2, 0.25) is 0 Å². The van der Waals surface area contributed by atoms with E-state index in [1.807, 2.05) is 0 Å². The SMILES string of the molecule is CCN(Cc1ccccc1)c1ccccc1.Cl. The quantitative estimate of drug-likeness (QED) is 0.785. The van der Waals surface area contributed by atoms with Crippen LogP contribution in [0.15, 0.2) is 60.7 Å². The lowest BCUT2D eigenvalue weighted by atomic mass is 10.2. The predicted octanol–water partition coefficient (Wildman–Crippen LogP) is 4.13. The number of hydrogen-bond acceptors (Lipinski definition) is 1. The highest BCUT2D eigenvalue weighted by Gasteiger charge is 2.03. The van der Waals surface area contributed by atoms with E-state index in [4.69, 9.17) is 0 Å². The lowest BCUT2D eigenvalue weighted by molar-refractivity contribution is 0.832. The van der Waals surface area contributed by atoms with Gasteiger partial charge in [-0.15, -0.1) is 12.4 Å². The molecule has 0 unspecified atom stereocenters. The highest BCUT2D eigenvalue weighted by Crippen LogP contribution is 2.15. The van der Waals surface area contributed by atoms with Gasteiger partial charge in [-0.1, -0.05) is 48.5 Å². The van der Waals surface area contributed by atoms with E-state index in [1.54, 1.807) is 0 Å². The zero-order valence-electron chi connectivity index (χ0n) is 10.0. The minimum Gasteiger partial charge on any atom is -0.367 e. The zero-order valence-corrected chi connectivity index (χ0v) is 10.9. The summed E-state index contributed by atoms with van der Waals surface area (Å²) in [7, 11) is 0. The van der Waals surface area contributed by atoms with Crippen LogP contribution in [0.2, 0.25) is 0 Å². The van der Waals surface area contributed by atoms with Gasteiger partial charge in [-0.05, 0) is 24.6 Å². The topological polar surface area (TPSA) is 3.24 Å². The maximum atomic E-state index is 2.37. The Morgan fingerprint density at radius 3 is 1.88 bits per heavy atom. The van der Waals surface area contributed by atoms with Gasteiger partial charge in [-0.25, -0.2) is 0 Å². The average Bonchev–Trinajstić information content (AvgIpc) is 2.38. The fourth-order valence-corrected chi connectivity index (χ4v) is 1.83. The monoisotopic (exact) mass is 247 g/mol. The summed E-state index contributed by atoms with van der Waals surface area (Å²) in [6, 6.07) is 21.1. The van der Waals surface area contributed by atoms with Crippen LogP contribution in [-0.4, -0.2) is 6.54 Å². The fourth-order valence-electron chi connectivity index (χ4n) is 1.83. The Hall–Kier alpha value is -1.47. The van der Waals surface area contributed by atoms with E-state index in [0.29, 0.717) is 0 Å². The number of rotatable bonds is 4. The van der Waals surface area contributed by atoms with Crippen molar-refractivity contribution in [3.05, 3.63) is 66.2 Å². The number of halogens is 1. The molecule has 0 aliphatic heterocycles. The van der Waals surface area contributed by atoms with Crippen molar-refractivity contribution < 1.29 is 0 Å². The number of para-hydroxylation sites is 1. The summed E-state index contributed by atoms with van der Waals surface area (Å²) >= 11 is 0. The van der Waals surface area contributed by atoms with Crippen molar-refractivity contribution in [2.24, 2.45) is 0 Å². The van der Waals surface area contributed by atoms with Crippen LogP contribution in [-0.2, 0) is 6.54 Å². The molecule has 0 amide bonds. The molecule has 0 heterocycles. The molecule has 2 rings (SSSR count). The molecule has 0 bridgehead atoms. The standard InChI is InChI=1S/C15H17N.ClH/c1-2-16(15-11-7-4-8-12-15)13-14-9-5-3-6-10-14;/h3-12H,2,13H2,1H3;1H. The molecule has 90 valence electrons. The van der Waals surface area contributed by atoms with Gasteiger partial charge in [0.1, 0.15) is 0 Å². The van der Waals surface area contributed by atoms with Crippen LogP contribution < -0.4 is 4.90 Å². The molecule has 17 heavy (non-hydrogen) atoms. The maximum Gasteiger partial charge on any atom is 0.0429 e. The van der Waals surface area contributed by atoms with E-state index < -0.39 is 0 Å². The second kappa shape index (κ2) is 6.97. The lowest BCUT2D eigenvalue weighted by Gasteiger charge is -2.23. The Kier molecular flexibility index (Phi) is 5.58. The van der Waals surface area contributed by atoms with Crippen molar-refractivity contribution in [1.29, 1.82) is 0 Å². The molecular weight excluding hydrogens is 230 g/mol. The minimum atomic E-state index is 0. The molecule has 0 aliphatic carbocycles. The van der Waals surface area contributed by atoms with Crippen LogP contribution in [0.25, 0.3) is 0 Å². The Bertz CT molecular complexity index is 413. The summed E-state index contributed by atoms with van der Waals surface area (Å²) in [5.74, 6) is 0. The predicted molar refractivity (Wildman–Crippen MR) is 76.9 cm³/mol. The first-order valence-corrected chi connectivity index (χ1v) is 5.74. The van der Waals surface area contributed by atoms with Crippen LogP contribution >= 0.6 is 12.4 Å². The van der Waals surface area contributed by atoms with Crippen molar-refractivity contribution in [3.8, 4) is 0 Å². The minimum absolute atomic E-state index is 0. The molecule has 0 saturated heterocycles. The van der Waals surface area contributed by atoms with Gasteiger partial charge in [0, 0.05) is 18.8 Å². The molecule has 0 aromatic heterocycles. The van der Waals surface area contributed by atoms with Crippen molar-refractivity contribution in [2.75, 3.05) is 11.4 Å². The summed E-state index contributed by atoms with van der Waals surface area (Å²) in [6.07, 6.45) is 0. The first kappa shape index (κ1) is 13.6. The Morgan fingerprint density at radius 2 is 1.35 bits per heavy atom. The van der Waals surface area contributed by atoms with Crippen LogP contribution in [0.4, 0.5) is 5.69 Å². The Balaban J connectivity index is 0.00000144. The van der Waals surface area contributed by atoms with Gasteiger partial charge in [-0.3, -0.25) is 0 Å². The van der Waals surface area contributed by atoms with E-state index in [9.17, 15) is 0 Å². The average molecular weight is 248 g/mol. The molecular formula is C15H18ClN. The molecule has 0 saturated carbocycles. The Morgan fingerprint density at radius 1 is 0.824 bits per heavy atom. The van der Waals surface area contributed by atoms with Crippen molar-refractivity contribution in [2.45, 2.75) is 13.5 Å². The molecule has 2 aromatic carbocycles. The zero-order chi connectivity index (χ0) is 11.2. The number of anilines is 1. The van der Waals surface area contributed by atoms with E-state index >= 15 is 0 Å². The smallest absolute Gasteiger partial charge is 0.0429 e. The second-order valence-corrected chi connectivity index (χ2v) is 3.84. The number of nitrogens with zero attached hydrogens (tertiary/aromatic N) is 1. The summed E-state index contributed by atoms with van der Waals surface area (Å²) in [4.78, 5) is 2.37. The van der Waals surface area contributed by atoms with Gasteiger partial charge < -0.3 is 4.90 Å². The van der Waals surface area contributed by atoms with E-state index in [-0.39, 0.29) is 12.4 Å². The van der Waals surface area contributed by atoms with Crippen molar-refractivity contribution >= 4 is 18.1 Å². The fraction of sp³-hybridized carbons (Fsp3) is 0.200. The summed E-state index contributed by atoms with van der Waals surface area (Å²) in [6.45, 7) is 4.19. The molecule has 0 N–H and O–H groups in total. The number of hydrogen-bond donors (Lipinski definition) is 0. The number of benzene rings is 2. The van der Waals surface area contributed by atoms with Crippen LogP contribution in [0.5, 0.6) is 0 Å². The second-order valence-electron chi connectivity index (χ2n) is 3.84. The van der Waals surface area contributed by atoms with Gasteiger partial charge in [0.15, 0.2) is 0 Å². The third-order valence-electron chi connectivity index (χ3n) is 2.72. The van der Waals surface area contributed by atoms with Gasteiger partial charge in [0.05, 0.1) is 0 Å². The molecule has 0 aliphatic rings. The molecule has 0 fully saturated rings. The van der Waals surface area contributed by atoms with Crippen molar-refractivity contribution in [1.82, 2.24) is 0 Å². The third kappa shape index (κ3) is 3.79. The normalized spacial score (nSPS) is 9.47. The van der Waals surface area contributed by atoms with Gasteiger partial charge >= 0.3 is 0 Å².